The molecule has 0 saturated carbocycles. The van der Waals surface area contributed by atoms with E-state index >= 15 is 0 Å². The third-order valence-corrected chi connectivity index (χ3v) is 2.69. The van der Waals surface area contributed by atoms with Crippen LogP contribution in [0.3, 0.4) is 0 Å². The highest BCUT2D eigenvalue weighted by atomic mass is 16.4. The Morgan fingerprint density at radius 1 is 1.50 bits per heavy atom. The van der Waals surface area contributed by atoms with E-state index in [-0.39, 0.29) is 11.7 Å². The molecule has 4 heteroatoms. The van der Waals surface area contributed by atoms with Crippen molar-refractivity contribution in [2.24, 2.45) is 5.73 Å². The minimum atomic E-state index is -0.987. The van der Waals surface area contributed by atoms with Crippen LogP contribution in [0.15, 0.2) is 24.3 Å². The average molecular weight is 223 g/mol. The molecule has 1 aromatic carbocycles. The van der Waals surface area contributed by atoms with Gasteiger partial charge in [-0.2, -0.15) is 0 Å². The molecule has 0 radical (unpaired) electrons. The van der Waals surface area contributed by atoms with Gasteiger partial charge in [-0.05, 0) is 36.5 Å². The quantitative estimate of drug-likeness (QED) is 0.709. The predicted octanol–water partition coefficient (Wildman–Crippen LogP) is 1.69. The van der Waals surface area contributed by atoms with E-state index in [1.165, 1.54) is 0 Å². The fourth-order valence-corrected chi connectivity index (χ4v) is 1.72. The highest BCUT2D eigenvalue weighted by Crippen LogP contribution is 2.26. The van der Waals surface area contributed by atoms with Gasteiger partial charge in [-0.15, -0.1) is 0 Å². The summed E-state index contributed by atoms with van der Waals surface area (Å²) in [5.41, 5.74) is 6.44. The number of phenols is 1. The van der Waals surface area contributed by atoms with Gasteiger partial charge < -0.3 is 15.9 Å². The molecular weight excluding hydrogens is 206 g/mol. The Hall–Kier alpha value is -1.55. The Bertz CT molecular complexity index is 365. The number of hydrogen-bond donors (Lipinski definition) is 3. The maximum atomic E-state index is 10.7. The van der Waals surface area contributed by atoms with Crippen LogP contribution in [0.25, 0.3) is 0 Å². The molecule has 1 aromatic rings. The molecule has 0 aliphatic carbocycles. The first kappa shape index (κ1) is 12.5. The summed E-state index contributed by atoms with van der Waals surface area (Å²) in [6.45, 7) is 1.98. The number of aromatic hydroxyl groups is 1. The number of benzene rings is 1. The maximum Gasteiger partial charge on any atom is 0.320 e. The van der Waals surface area contributed by atoms with Crippen molar-refractivity contribution >= 4 is 5.97 Å². The molecule has 88 valence electrons. The van der Waals surface area contributed by atoms with Crippen LogP contribution in [0.5, 0.6) is 5.75 Å². The van der Waals surface area contributed by atoms with Crippen molar-refractivity contribution in [1.29, 1.82) is 0 Å². The van der Waals surface area contributed by atoms with E-state index in [0.717, 1.165) is 12.0 Å². The smallest absolute Gasteiger partial charge is 0.320 e. The van der Waals surface area contributed by atoms with Crippen LogP contribution in [0.2, 0.25) is 0 Å². The zero-order valence-electron chi connectivity index (χ0n) is 9.26. The molecule has 0 spiro atoms. The van der Waals surface area contributed by atoms with E-state index in [1.807, 2.05) is 13.0 Å². The number of aliphatic carboxylic acids is 1. The van der Waals surface area contributed by atoms with E-state index in [4.69, 9.17) is 10.8 Å². The monoisotopic (exact) mass is 223 g/mol. The van der Waals surface area contributed by atoms with Crippen molar-refractivity contribution in [1.82, 2.24) is 0 Å². The van der Waals surface area contributed by atoms with Crippen molar-refractivity contribution in [2.45, 2.75) is 31.7 Å². The molecular formula is C12H17NO3. The van der Waals surface area contributed by atoms with Gasteiger partial charge in [0.25, 0.3) is 0 Å². The van der Waals surface area contributed by atoms with Crippen LogP contribution < -0.4 is 5.73 Å². The minimum Gasteiger partial charge on any atom is -0.508 e. The molecule has 16 heavy (non-hydrogen) atoms. The molecule has 0 saturated heterocycles. The first-order valence-corrected chi connectivity index (χ1v) is 5.32. The SMILES string of the molecule is CCC(CC(N)C(=O)O)c1cccc(O)c1. The molecule has 2 unspecified atom stereocenters. The summed E-state index contributed by atoms with van der Waals surface area (Å²) in [6.07, 6.45) is 1.18. The van der Waals surface area contributed by atoms with Crippen LogP contribution in [-0.2, 0) is 4.79 Å². The van der Waals surface area contributed by atoms with Crippen molar-refractivity contribution < 1.29 is 15.0 Å². The molecule has 0 aromatic heterocycles. The molecule has 4 N–H and O–H groups in total. The molecule has 0 bridgehead atoms. The highest BCUT2D eigenvalue weighted by molar-refractivity contribution is 5.73. The van der Waals surface area contributed by atoms with Crippen LogP contribution in [0, 0.1) is 0 Å². The molecule has 0 aliphatic rings. The van der Waals surface area contributed by atoms with Crippen LogP contribution in [0.1, 0.15) is 31.2 Å². The first-order valence-electron chi connectivity index (χ1n) is 5.32. The third kappa shape index (κ3) is 3.24. The Morgan fingerprint density at radius 3 is 2.69 bits per heavy atom. The fourth-order valence-electron chi connectivity index (χ4n) is 1.72. The van der Waals surface area contributed by atoms with Gasteiger partial charge in [0.15, 0.2) is 0 Å². The average Bonchev–Trinajstić information content (AvgIpc) is 2.25. The van der Waals surface area contributed by atoms with Crippen LogP contribution in [-0.4, -0.2) is 22.2 Å². The van der Waals surface area contributed by atoms with E-state index in [2.05, 4.69) is 0 Å². The summed E-state index contributed by atoms with van der Waals surface area (Å²) in [7, 11) is 0. The largest absolute Gasteiger partial charge is 0.508 e. The summed E-state index contributed by atoms with van der Waals surface area (Å²) < 4.78 is 0. The first-order chi connectivity index (χ1) is 7.54. The predicted molar refractivity (Wildman–Crippen MR) is 61.4 cm³/mol. The molecule has 0 heterocycles. The van der Waals surface area contributed by atoms with Crippen molar-refractivity contribution in [3.63, 3.8) is 0 Å². The second kappa shape index (κ2) is 5.51. The van der Waals surface area contributed by atoms with E-state index < -0.39 is 12.0 Å². The van der Waals surface area contributed by atoms with Gasteiger partial charge in [0.1, 0.15) is 11.8 Å². The third-order valence-electron chi connectivity index (χ3n) is 2.69. The second-order valence-corrected chi connectivity index (χ2v) is 3.88. The lowest BCUT2D eigenvalue weighted by Crippen LogP contribution is -2.31. The van der Waals surface area contributed by atoms with E-state index in [9.17, 15) is 9.90 Å². The summed E-state index contributed by atoms with van der Waals surface area (Å²) in [5.74, 6) is -0.725. The number of rotatable bonds is 5. The normalized spacial score (nSPS) is 14.4. The fraction of sp³-hybridized carbons (Fsp3) is 0.417. The molecule has 4 nitrogen and oxygen atoms in total. The molecule has 0 aliphatic heterocycles. The van der Waals surface area contributed by atoms with Gasteiger partial charge in [-0.3, -0.25) is 4.79 Å². The van der Waals surface area contributed by atoms with Gasteiger partial charge >= 0.3 is 5.97 Å². The lowest BCUT2D eigenvalue weighted by molar-refractivity contribution is -0.138. The topological polar surface area (TPSA) is 83.6 Å². The van der Waals surface area contributed by atoms with Gasteiger partial charge in [0, 0.05) is 0 Å². The zero-order valence-corrected chi connectivity index (χ0v) is 9.26. The number of nitrogens with two attached hydrogens (primary N) is 1. The van der Waals surface area contributed by atoms with Gasteiger partial charge in [0.2, 0.25) is 0 Å². The van der Waals surface area contributed by atoms with Crippen molar-refractivity contribution in [3.05, 3.63) is 29.8 Å². The summed E-state index contributed by atoms with van der Waals surface area (Å²) in [5, 5.41) is 18.1. The maximum absolute atomic E-state index is 10.7. The van der Waals surface area contributed by atoms with E-state index in [1.54, 1.807) is 18.2 Å². The Morgan fingerprint density at radius 2 is 2.19 bits per heavy atom. The molecule has 0 amide bonds. The summed E-state index contributed by atoms with van der Waals surface area (Å²) in [4.78, 5) is 10.7. The number of hydrogen-bond acceptors (Lipinski definition) is 3. The second-order valence-electron chi connectivity index (χ2n) is 3.88. The Labute approximate surface area is 94.7 Å². The zero-order chi connectivity index (χ0) is 12.1. The molecule has 1 rings (SSSR count). The number of carbonyl (C=O) groups is 1. The van der Waals surface area contributed by atoms with Gasteiger partial charge in [-0.1, -0.05) is 19.1 Å². The number of carboxylic acid groups (broad SMARTS) is 1. The lowest BCUT2D eigenvalue weighted by atomic mass is 9.90. The number of carboxylic acids is 1. The van der Waals surface area contributed by atoms with Crippen molar-refractivity contribution in [3.8, 4) is 5.75 Å². The lowest BCUT2D eigenvalue weighted by Gasteiger charge is -2.17. The number of phenolic OH excluding ortho intramolecular Hbond substituents is 1. The summed E-state index contributed by atoms with van der Waals surface area (Å²) >= 11 is 0. The molecule has 0 fully saturated rings. The van der Waals surface area contributed by atoms with E-state index in [0.29, 0.717) is 6.42 Å². The Kier molecular flexibility index (Phi) is 4.31. The van der Waals surface area contributed by atoms with Crippen molar-refractivity contribution in [2.75, 3.05) is 0 Å². The molecule has 2 atom stereocenters. The summed E-state index contributed by atoms with van der Waals surface area (Å²) in [6, 6.07) is 6.02. The minimum absolute atomic E-state index is 0.0678. The standard InChI is InChI=1S/C12H17NO3/c1-2-8(7-11(13)12(15)16)9-4-3-5-10(14)6-9/h3-6,8,11,14H,2,7,13H2,1H3,(H,15,16). The van der Waals surface area contributed by atoms with Crippen LogP contribution >= 0.6 is 0 Å². The Balaban J connectivity index is 2.78. The highest BCUT2D eigenvalue weighted by Gasteiger charge is 2.19. The van der Waals surface area contributed by atoms with Gasteiger partial charge in [-0.25, -0.2) is 0 Å². The van der Waals surface area contributed by atoms with Gasteiger partial charge in [0.05, 0.1) is 0 Å². The van der Waals surface area contributed by atoms with Crippen LogP contribution in [0.4, 0.5) is 0 Å².